The van der Waals surface area contributed by atoms with E-state index in [9.17, 15) is 9.59 Å². The molecule has 24 heavy (non-hydrogen) atoms. The molecule has 1 aliphatic rings. The van der Waals surface area contributed by atoms with E-state index >= 15 is 0 Å². The number of rotatable bonds is 8. The van der Waals surface area contributed by atoms with Crippen LogP contribution in [0.15, 0.2) is 17.5 Å². The van der Waals surface area contributed by atoms with Crippen LogP contribution >= 0.6 is 11.3 Å². The Morgan fingerprint density at radius 1 is 1.38 bits per heavy atom. The molecule has 7 heteroatoms. The zero-order valence-corrected chi connectivity index (χ0v) is 15.4. The van der Waals surface area contributed by atoms with E-state index in [4.69, 9.17) is 10.5 Å². The Morgan fingerprint density at radius 3 is 2.67 bits per heavy atom. The van der Waals surface area contributed by atoms with Crippen molar-refractivity contribution >= 4 is 23.2 Å². The van der Waals surface area contributed by atoms with Gasteiger partial charge in [0, 0.05) is 31.5 Å². The van der Waals surface area contributed by atoms with Crippen molar-refractivity contribution < 1.29 is 14.3 Å². The number of carbonyl (C=O) groups excluding carboxylic acids is 2. The second-order valence-corrected chi connectivity index (χ2v) is 7.63. The van der Waals surface area contributed by atoms with Crippen LogP contribution in [0, 0.1) is 5.41 Å². The summed E-state index contributed by atoms with van der Waals surface area (Å²) in [7, 11) is 0. The van der Waals surface area contributed by atoms with Gasteiger partial charge in [0.25, 0.3) is 5.91 Å². The molecule has 1 aliphatic carbocycles. The predicted molar refractivity (Wildman–Crippen MR) is 95.0 cm³/mol. The van der Waals surface area contributed by atoms with Gasteiger partial charge in [0.05, 0.1) is 11.0 Å². The molecule has 0 aromatic carbocycles. The van der Waals surface area contributed by atoms with Crippen molar-refractivity contribution in [2.45, 2.75) is 45.3 Å². The van der Waals surface area contributed by atoms with Crippen LogP contribution in [-0.4, -0.2) is 43.2 Å². The van der Waals surface area contributed by atoms with Gasteiger partial charge in [-0.05, 0) is 24.8 Å². The highest BCUT2D eigenvalue weighted by Crippen LogP contribution is 2.49. The molecule has 1 fully saturated rings. The minimum absolute atomic E-state index is 0.0170. The molecule has 1 saturated carbocycles. The van der Waals surface area contributed by atoms with Gasteiger partial charge in [-0.2, -0.15) is 0 Å². The van der Waals surface area contributed by atoms with Crippen molar-refractivity contribution in [3.8, 4) is 0 Å². The second-order valence-electron chi connectivity index (χ2n) is 6.68. The normalized spacial score (nSPS) is 24.9. The summed E-state index contributed by atoms with van der Waals surface area (Å²) in [6.45, 7) is 7.50. The van der Waals surface area contributed by atoms with E-state index in [1.807, 2.05) is 32.2 Å². The summed E-state index contributed by atoms with van der Waals surface area (Å²) < 4.78 is 5.64. The van der Waals surface area contributed by atoms with Crippen LogP contribution < -0.4 is 16.4 Å². The molecule has 2 unspecified atom stereocenters. The lowest BCUT2D eigenvalue weighted by Gasteiger charge is -2.57. The molecule has 1 aromatic heterocycles. The van der Waals surface area contributed by atoms with Crippen molar-refractivity contribution in [3.05, 3.63) is 22.4 Å². The molecular weight excluding hydrogens is 326 g/mol. The van der Waals surface area contributed by atoms with E-state index in [1.54, 1.807) is 6.07 Å². The Morgan fingerprint density at radius 2 is 2.08 bits per heavy atom. The molecular formula is C17H27N3O3S. The Hall–Kier alpha value is -1.44. The smallest absolute Gasteiger partial charge is 0.261 e. The van der Waals surface area contributed by atoms with Gasteiger partial charge in [0.2, 0.25) is 5.91 Å². The van der Waals surface area contributed by atoms with Gasteiger partial charge >= 0.3 is 0 Å². The van der Waals surface area contributed by atoms with Crippen molar-refractivity contribution in [1.29, 1.82) is 0 Å². The second kappa shape index (κ2) is 7.63. The third kappa shape index (κ3) is 3.63. The van der Waals surface area contributed by atoms with E-state index in [1.165, 1.54) is 11.3 Å². The minimum atomic E-state index is -0.896. The number of hydrogen-bond acceptors (Lipinski definition) is 5. The van der Waals surface area contributed by atoms with Crippen molar-refractivity contribution in [2.75, 3.05) is 19.7 Å². The lowest BCUT2D eigenvalue weighted by Crippen LogP contribution is -2.75. The Labute approximate surface area is 147 Å². The Balaban J connectivity index is 1.69. The largest absolute Gasteiger partial charge is 0.378 e. The van der Waals surface area contributed by atoms with Gasteiger partial charge in [-0.25, -0.2) is 0 Å². The quantitative estimate of drug-likeness (QED) is 0.618. The molecule has 0 radical (unpaired) electrons. The van der Waals surface area contributed by atoms with Gasteiger partial charge in [-0.15, -0.1) is 11.3 Å². The highest BCUT2D eigenvalue weighted by atomic mass is 32.1. The molecule has 1 aromatic rings. The molecule has 6 nitrogen and oxygen atoms in total. The van der Waals surface area contributed by atoms with Crippen LogP contribution in [0.1, 0.15) is 43.3 Å². The monoisotopic (exact) mass is 353 g/mol. The van der Waals surface area contributed by atoms with Gasteiger partial charge in [0.15, 0.2) is 0 Å². The first-order valence-electron chi connectivity index (χ1n) is 8.33. The summed E-state index contributed by atoms with van der Waals surface area (Å²) in [4.78, 5) is 24.9. The number of nitrogens with one attached hydrogen (secondary N) is 2. The average molecular weight is 353 g/mol. The summed E-state index contributed by atoms with van der Waals surface area (Å²) in [5.74, 6) is -0.223. The van der Waals surface area contributed by atoms with Gasteiger partial charge in [-0.3, -0.25) is 9.59 Å². The first-order chi connectivity index (χ1) is 11.3. The Bertz CT molecular complexity index is 574. The lowest BCUT2D eigenvalue weighted by atomic mass is 9.54. The zero-order valence-electron chi connectivity index (χ0n) is 14.6. The van der Waals surface area contributed by atoms with Crippen LogP contribution in [0.3, 0.4) is 0 Å². The predicted octanol–water partition coefficient (Wildman–Crippen LogP) is 1.52. The fourth-order valence-electron chi connectivity index (χ4n) is 2.97. The summed E-state index contributed by atoms with van der Waals surface area (Å²) in [6.07, 6.45) is 1.21. The van der Waals surface area contributed by atoms with E-state index in [2.05, 4.69) is 10.6 Å². The number of nitrogens with two attached hydrogens (primary N) is 1. The van der Waals surface area contributed by atoms with Crippen LogP contribution in [0.25, 0.3) is 0 Å². The summed E-state index contributed by atoms with van der Waals surface area (Å²) in [6, 6.07) is 3.63. The standard InChI is InChI=1S/C17H27N3O3S/c1-4-23-13-11-17(18,16(13,2)3)15(22)20-9-6-8-19-14(21)12-7-5-10-24-12/h5,7,10,13H,4,6,8-9,11,18H2,1-3H3,(H,19,21)(H,20,22). The molecule has 0 saturated heterocycles. The van der Waals surface area contributed by atoms with Crippen molar-refractivity contribution in [2.24, 2.45) is 11.1 Å². The third-order valence-electron chi connectivity index (χ3n) is 4.90. The van der Waals surface area contributed by atoms with Gasteiger partial charge in [0.1, 0.15) is 5.54 Å². The lowest BCUT2D eigenvalue weighted by molar-refractivity contribution is -0.170. The number of carbonyl (C=O) groups is 2. The zero-order chi connectivity index (χ0) is 17.8. The molecule has 2 atom stereocenters. The molecule has 0 spiro atoms. The highest BCUT2D eigenvalue weighted by Gasteiger charge is 2.62. The van der Waals surface area contributed by atoms with Crippen LogP contribution in [0.2, 0.25) is 0 Å². The highest BCUT2D eigenvalue weighted by molar-refractivity contribution is 7.12. The Kier molecular flexibility index (Phi) is 6.01. The van der Waals surface area contributed by atoms with Gasteiger partial charge in [-0.1, -0.05) is 19.9 Å². The van der Waals surface area contributed by atoms with E-state index in [0.29, 0.717) is 37.4 Å². The molecule has 2 rings (SSSR count). The van der Waals surface area contributed by atoms with Crippen molar-refractivity contribution in [1.82, 2.24) is 10.6 Å². The fraction of sp³-hybridized carbons (Fsp3) is 0.647. The number of amides is 2. The molecule has 0 bridgehead atoms. The minimum Gasteiger partial charge on any atom is -0.378 e. The van der Waals surface area contributed by atoms with Crippen molar-refractivity contribution in [3.63, 3.8) is 0 Å². The molecule has 134 valence electrons. The number of ether oxygens (including phenoxy) is 1. The first-order valence-corrected chi connectivity index (χ1v) is 9.21. The summed E-state index contributed by atoms with van der Waals surface area (Å²) >= 11 is 1.41. The average Bonchev–Trinajstić information content (AvgIpc) is 3.08. The molecule has 2 amide bonds. The number of thiophene rings is 1. The third-order valence-corrected chi connectivity index (χ3v) is 5.77. The van der Waals surface area contributed by atoms with E-state index < -0.39 is 5.54 Å². The van der Waals surface area contributed by atoms with E-state index in [-0.39, 0.29) is 23.3 Å². The SMILES string of the molecule is CCOC1CC(N)(C(=O)NCCCNC(=O)c2cccs2)C1(C)C. The maximum absolute atomic E-state index is 12.4. The first kappa shape index (κ1) is 18.9. The maximum Gasteiger partial charge on any atom is 0.261 e. The van der Waals surface area contributed by atoms with Crippen LogP contribution in [-0.2, 0) is 9.53 Å². The number of hydrogen-bond donors (Lipinski definition) is 3. The molecule has 0 aliphatic heterocycles. The fourth-order valence-corrected chi connectivity index (χ4v) is 3.61. The van der Waals surface area contributed by atoms with E-state index in [0.717, 1.165) is 0 Å². The topological polar surface area (TPSA) is 93.4 Å². The maximum atomic E-state index is 12.4. The molecule has 1 heterocycles. The van der Waals surface area contributed by atoms with Gasteiger partial charge < -0.3 is 21.1 Å². The van der Waals surface area contributed by atoms with Crippen LogP contribution in [0.5, 0.6) is 0 Å². The van der Waals surface area contributed by atoms with Crippen LogP contribution in [0.4, 0.5) is 0 Å². The molecule has 4 N–H and O–H groups in total. The summed E-state index contributed by atoms with van der Waals surface area (Å²) in [5.41, 5.74) is 5.03. The summed E-state index contributed by atoms with van der Waals surface area (Å²) in [5, 5.41) is 7.58.